The van der Waals surface area contributed by atoms with E-state index in [2.05, 4.69) is 25.4 Å². The molecule has 0 aliphatic carbocycles. The van der Waals surface area contributed by atoms with Crippen LogP contribution in [0.2, 0.25) is 0 Å². The monoisotopic (exact) mass is 370 g/mol. The molecule has 0 atom stereocenters. The van der Waals surface area contributed by atoms with Crippen molar-refractivity contribution in [2.24, 2.45) is 4.99 Å². The van der Waals surface area contributed by atoms with Crippen LogP contribution in [-0.2, 0) is 6.18 Å². The van der Waals surface area contributed by atoms with Gasteiger partial charge in [0.05, 0.1) is 17.5 Å². The number of aliphatic imine (C=N–C) groups is 1. The van der Waals surface area contributed by atoms with Gasteiger partial charge < -0.3 is 4.40 Å². The van der Waals surface area contributed by atoms with Crippen molar-refractivity contribution in [1.82, 2.24) is 24.8 Å². The lowest BCUT2D eigenvalue weighted by Gasteiger charge is -2.06. The summed E-state index contributed by atoms with van der Waals surface area (Å²) in [5, 5.41) is 10.7. The molecule has 136 valence electrons. The van der Waals surface area contributed by atoms with Crippen LogP contribution >= 0.6 is 0 Å². The van der Waals surface area contributed by atoms with Gasteiger partial charge in [-0.05, 0) is 24.3 Å². The van der Waals surface area contributed by atoms with Gasteiger partial charge in [0.1, 0.15) is 17.0 Å². The summed E-state index contributed by atoms with van der Waals surface area (Å²) in [5.41, 5.74) is 3.19. The van der Waals surface area contributed by atoms with E-state index in [0.717, 1.165) is 17.7 Å². The Morgan fingerprint density at radius 1 is 1.07 bits per heavy atom. The average molecular weight is 370 g/mol. The second-order valence-electron chi connectivity index (χ2n) is 5.83. The fourth-order valence-electron chi connectivity index (χ4n) is 2.76. The molecule has 0 amide bonds. The molecule has 4 rings (SSSR count). The van der Waals surface area contributed by atoms with Crippen molar-refractivity contribution in [2.45, 2.75) is 6.18 Å². The zero-order valence-electron chi connectivity index (χ0n) is 14.1. The number of benzene rings is 1. The molecular weight excluding hydrogens is 357 g/mol. The van der Waals surface area contributed by atoms with E-state index in [1.807, 2.05) is 18.3 Å². The number of aromatic amines is 1. The van der Waals surface area contributed by atoms with Crippen molar-refractivity contribution in [1.29, 1.82) is 0 Å². The summed E-state index contributed by atoms with van der Waals surface area (Å²) in [4.78, 5) is 8.46. The van der Waals surface area contributed by atoms with E-state index in [4.69, 9.17) is 0 Å². The Kier molecular flexibility index (Phi) is 3.98. The minimum atomic E-state index is -4.36. The molecule has 9 heteroatoms. The van der Waals surface area contributed by atoms with E-state index in [1.54, 1.807) is 23.9 Å². The minimum absolute atomic E-state index is 0.580. The van der Waals surface area contributed by atoms with Gasteiger partial charge in [0.15, 0.2) is 0 Å². The van der Waals surface area contributed by atoms with Gasteiger partial charge in [0, 0.05) is 30.6 Å². The molecule has 1 aromatic carbocycles. The van der Waals surface area contributed by atoms with E-state index in [0.29, 0.717) is 28.3 Å². The third-order valence-corrected chi connectivity index (χ3v) is 4.07. The summed E-state index contributed by atoms with van der Waals surface area (Å²) in [5.74, 6) is 0. The molecule has 1 N–H and O–H groups in total. The second-order valence-corrected chi connectivity index (χ2v) is 5.83. The molecule has 0 spiro atoms. The van der Waals surface area contributed by atoms with Gasteiger partial charge in [-0.25, -0.2) is 4.98 Å². The van der Waals surface area contributed by atoms with E-state index in [-0.39, 0.29) is 0 Å². The van der Waals surface area contributed by atoms with Gasteiger partial charge in [-0.15, -0.1) is 0 Å². The highest BCUT2D eigenvalue weighted by atomic mass is 19.4. The van der Waals surface area contributed by atoms with Crippen LogP contribution in [0.4, 0.5) is 13.2 Å². The number of nitrogens with zero attached hydrogens (tertiary/aromatic N) is 5. The molecule has 0 saturated heterocycles. The van der Waals surface area contributed by atoms with Crippen molar-refractivity contribution >= 4 is 11.9 Å². The van der Waals surface area contributed by atoms with E-state index < -0.39 is 11.7 Å². The number of pyridine rings is 1. The number of imidazole rings is 1. The first-order valence-electron chi connectivity index (χ1n) is 7.95. The van der Waals surface area contributed by atoms with Crippen molar-refractivity contribution in [3.63, 3.8) is 0 Å². The van der Waals surface area contributed by atoms with Crippen LogP contribution in [0.5, 0.6) is 0 Å². The smallest absolute Gasteiger partial charge is 0.306 e. The molecule has 3 heterocycles. The van der Waals surface area contributed by atoms with Crippen molar-refractivity contribution in [2.75, 3.05) is 7.05 Å². The van der Waals surface area contributed by atoms with Gasteiger partial charge in [-0.3, -0.25) is 4.99 Å². The number of H-pyrrole nitrogens is 1. The number of alkyl halides is 3. The first-order chi connectivity index (χ1) is 13.0. The molecule has 0 unspecified atom stereocenters. The van der Waals surface area contributed by atoms with Gasteiger partial charge in [-0.2, -0.15) is 28.6 Å². The summed E-state index contributed by atoms with van der Waals surface area (Å²) in [6, 6.07) is 8.62. The lowest BCUT2D eigenvalue weighted by molar-refractivity contribution is -0.137. The number of halogens is 3. The number of aromatic nitrogens is 5. The quantitative estimate of drug-likeness (QED) is 0.557. The highest BCUT2D eigenvalue weighted by molar-refractivity contribution is 5.86. The molecular formula is C18H13F3N6. The topological polar surface area (TPSA) is 71.2 Å². The largest absolute Gasteiger partial charge is 0.416 e. The SMILES string of the molecule is CN=Cc1n[nH]nc1-c1ccn2cc(-c3ccc(C(F)(F)F)cc3)nc2c1. The van der Waals surface area contributed by atoms with Gasteiger partial charge in [0.2, 0.25) is 0 Å². The maximum Gasteiger partial charge on any atom is 0.416 e. The summed E-state index contributed by atoms with van der Waals surface area (Å²) < 4.78 is 39.9. The van der Waals surface area contributed by atoms with Gasteiger partial charge in [-0.1, -0.05) is 12.1 Å². The van der Waals surface area contributed by atoms with Gasteiger partial charge in [0.25, 0.3) is 0 Å². The van der Waals surface area contributed by atoms with Crippen molar-refractivity contribution in [3.05, 3.63) is 60.0 Å². The predicted molar refractivity (Wildman–Crippen MR) is 94.5 cm³/mol. The fraction of sp³-hybridized carbons (Fsp3) is 0.111. The molecule has 0 fully saturated rings. The predicted octanol–water partition coefficient (Wildman–Crippen LogP) is 3.85. The number of fused-ring (bicyclic) bond motifs is 1. The Bertz CT molecular complexity index is 1120. The minimum Gasteiger partial charge on any atom is -0.306 e. The maximum absolute atomic E-state index is 12.7. The molecule has 0 aliphatic rings. The molecule has 6 nitrogen and oxygen atoms in total. The zero-order valence-corrected chi connectivity index (χ0v) is 14.1. The zero-order chi connectivity index (χ0) is 19.0. The number of hydrogen-bond acceptors (Lipinski definition) is 4. The molecule has 3 aromatic heterocycles. The molecule has 0 aliphatic heterocycles. The summed E-state index contributed by atoms with van der Waals surface area (Å²) >= 11 is 0. The molecule has 27 heavy (non-hydrogen) atoms. The second kappa shape index (κ2) is 6.35. The third-order valence-electron chi connectivity index (χ3n) is 4.07. The Labute approximate surface area is 151 Å². The fourth-order valence-corrected chi connectivity index (χ4v) is 2.76. The van der Waals surface area contributed by atoms with E-state index in [1.165, 1.54) is 12.1 Å². The van der Waals surface area contributed by atoms with Crippen LogP contribution in [0.25, 0.3) is 28.2 Å². The van der Waals surface area contributed by atoms with Crippen LogP contribution in [0.1, 0.15) is 11.3 Å². The Balaban J connectivity index is 1.72. The van der Waals surface area contributed by atoms with Crippen LogP contribution in [-0.4, -0.2) is 38.1 Å². The van der Waals surface area contributed by atoms with Crippen LogP contribution in [0.3, 0.4) is 0 Å². The van der Waals surface area contributed by atoms with Gasteiger partial charge >= 0.3 is 6.18 Å². The average Bonchev–Trinajstić information content (AvgIpc) is 3.27. The number of nitrogens with one attached hydrogen (secondary N) is 1. The Morgan fingerprint density at radius 2 is 1.85 bits per heavy atom. The number of rotatable bonds is 3. The summed E-state index contributed by atoms with van der Waals surface area (Å²) in [6.07, 6.45) is 0.817. The first kappa shape index (κ1) is 17.0. The lowest BCUT2D eigenvalue weighted by Crippen LogP contribution is -2.03. The highest BCUT2D eigenvalue weighted by Crippen LogP contribution is 2.31. The Morgan fingerprint density at radius 3 is 2.56 bits per heavy atom. The van der Waals surface area contributed by atoms with Crippen LogP contribution in [0, 0.1) is 0 Å². The third kappa shape index (κ3) is 3.19. The maximum atomic E-state index is 12.7. The normalized spacial score (nSPS) is 12.3. The van der Waals surface area contributed by atoms with E-state index >= 15 is 0 Å². The molecule has 0 bridgehead atoms. The van der Waals surface area contributed by atoms with Crippen LogP contribution in [0.15, 0.2) is 53.8 Å². The molecule has 0 radical (unpaired) electrons. The highest BCUT2D eigenvalue weighted by Gasteiger charge is 2.30. The summed E-state index contributed by atoms with van der Waals surface area (Å²) in [7, 11) is 1.65. The van der Waals surface area contributed by atoms with E-state index in [9.17, 15) is 13.2 Å². The van der Waals surface area contributed by atoms with Crippen LogP contribution < -0.4 is 0 Å². The van der Waals surface area contributed by atoms with Crippen molar-refractivity contribution in [3.8, 4) is 22.5 Å². The standard InChI is InChI=1S/C18H13F3N6/c1-22-9-14-17(25-26-24-14)12-6-7-27-10-15(23-16(27)8-12)11-2-4-13(5-3-11)18(19,20)21/h2-10H,1H3,(H,24,25,26). The molecule has 4 aromatic rings. The first-order valence-corrected chi connectivity index (χ1v) is 7.95. The summed E-state index contributed by atoms with van der Waals surface area (Å²) in [6.45, 7) is 0. The van der Waals surface area contributed by atoms with Crippen molar-refractivity contribution < 1.29 is 13.2 Å². The Hall–Kier alpha value is -3.49. The molecule has 0 saturated carbocycles. The lowest BCUT2D eigenvalue weighted by atomic mass is 10.1. The number of hydrogen-bond donors (Lipinski definition) is 1.